The van der Waals surface area contributed by atoms with Crippen LogP contribution in [0.5, 0.6) is 0 Å². The molecule has 20 heavy (non-hydrogen) atoms. The number of nitrogen functional groups attached to an aromatic ring is 1. The molecule has 2 N–H and O–H groups in total. The van der Waals surface area contributed by atoms with E-state index in [9.17, 15) is 9.59 Å². The Balaban J connectivity index is 2.45. The second-order valence-electron chi connectivity index (χ2n) is 4.43. The fourth-order valence-electron chi connectivity index (χ4n) is 2.22. The maximum absolute atomic E-state index is 11.9. The molecular formula is C13H18N2O4S. The molecule has 1 aromatic rings. The van der Waals surface area contributed by atoms with Gasteiger partial charge in [0.25, 0.3) is 0 Å². The molecule has 110 valence electrons. The molecule has 0 spiro atoms. The lowest BCUT2D eigenvalue weighted by atomic mass is 10.2. The van der Waals surface area contributed by atoms with Gasteiger partial charge in [0.05, 0.1) is 19.4 Å². The van der Waals surface area contributed by atoms with E-state index in [1.165, 1.54) is 18.4 Å². The molecule has 0 amide bonds. The average molecular weight is 298 g/mol. The highest BCUT2D eigenvalue weighted by molar-refractivity contribution is 7.19. The number of nitrogens with zero attached hydrogens (tertiary/aromatic N) is 1. The molecular weight excluding hydrogens is 280 g/mol. The summed E-state index contributed by atoms with van der Waals surface area (Å²) in [7, 11) is 1.30. The second-order valence-corrected chi connectivity index (χ2v) is 5.43. The first kappa shape index (κ1) is 14.6. The van der Waals surface area contributed by atoms with Gasteiger partial charge in [-0.1, -0.05) is 0 Å². The molecule has 2 heterocycles. The van der Waals surface area contributed by atoms with E-state index in [0.717, 1.165) is 25.9 Å². The van der Waals surface area contributed by atoms with Crippen molar-refractivity contribution < 1.29 is 19.1 Å². The normalized spacial score (nSPS) is 14.4. The fourth-order valence-corrected chi connectivity index (χ4v) is 3.38. The Morgan fingerprint density at radius 3 is 2.50 bits per heavy atom. The molecule has 7 heteroatoms. The van der Waals surface area contributed by atoms with Crippen LogP contribution in [0.4, 0.5) is 10.7 Å². The minimum absolute atomic E-state index is 0.155. The van der Waals surface area contributed by atoms with Crippen molar-refractivity contribution in [1.82, 2.24) is 0 Å². The number of hydrogen-bond acceptors (Lipinski definition) is 7. The lowest BCUT2D eigenvalue weighted by Crippen LogP contribution is -2.19. The molecule has 1 aromatic heterocycles. The van der Waals surface area contributed by atoms with E-state index < -0.39 is 11.9 Å². The third-order valence-electron chi connectivity index (χ3n) is 3.17. The van der Waals surface area contributed by atoms with E-state index in [1.807, 2.05) is 0 Å². The Bertz CT molecular complexity index is 521. The molecule has 1 fully saturated rings. The van der Waals surface area contributed by atoms with Crippen molar-refractivity contribution in [2.45, 2.75) is 19.8 Å². The first-order valence-corrected chi connectivity index (χ1v) is 7.34. The Kier molecular flexibility index (Phi) is 4.49. The molecule has 6 nitrogen and oxygen atoms in total. The van der Waals surface area contributed by atoms with Gasteiger partial charge >= 0.3 is 11.9 Å². The summed E-state index contributed by atoms with van der Waals surface area (Å²) in [5.74, 6) is -1.01. The van der Waals surface area contributed by atoms with E-state index >= 15 is 0 Å². The third kappa shape index (κ3) is 2.58. The Morgan fingerprint density at radius 2 is 1.95 bits per heavy atom. The van der Waals surface area contributed by atoms with E-state index in [0.29, 0.717) is 5.00 Å². The van der Waals surface area contributed by atoms with Crippen LogP contribution >= 0.6 is 11.3 Å². The topological polar surface area (TPSA) is 81.9 Å². The summed E-state index contributed by atoms with van der Waals surface area (Å²) >= 11 is 1.20. The molecule has 0 unspecified atom stereocenters. The van der Waals surface area contributed by atoms with Gasteiger partial charge in [0.2, 0.25) is 0 Å². The number of anilines is 2. The van der Waals surface area contributed by atoms with Crippen LogP contribution < -0.4 is 10.6 Å². The van der Waals surface area contributed by atoms with Crippen molar-refractivity contribution in [1.29, 1.82) is 0 Å². The van der Waals surface area contributed by atoms with E-state index in [1.54, 1.807) is 6.92 Å². The maximum Gasteiger partial charge on any atom is 0.350 e. The number of nitrogens with two attached hydrogens (primary N) is 1. The number of hydrogen-bond donors (Lipinski definition) is 1. The van der Waals surface area contributed by atoms with E-state index in [2.05, 4.69) is 4.90 Å². The van der Waals surface area contributed by atoms with Crippen LogP contribution in [0.2, 0.25) is 0 Å². The highest BCUT2D eigenvalue weighted by atomic mass is 32.1. The van der Waals surface area contributed by atoms with Gasteiger partial charge in [-0.3, -0.25) is 0 Å². The highest BCUT2D eigenvalue weighted by Gasteiger charge is 2.30. The Morgan fingerprint density at radius 1 is 1.30 bits per heavy atom. The maximum atomic E-state index is 11.9. The molecule has 0 radical (unpaired) electrons. The average Bonchev–Trinajstić information content (AvgIpc) is 3.05. The van der Waals surface area contributed by atoms with Crippen LogP contribution in [0, 0.1) is 0 Å². The molecule has 0 aromatic carbocycles. The molecule has 1 aliphatic heterocycles. The number of rotatable bonds is 4. The van der Waals surface area contributed by atoms with E-state index in [4.69, 9.17) is 15.2 Å². The largest absolute Gasteiger partial charge is 0.465 e. The van der Waals surface area contributed by atoms with Crippen LogP contribution in [-0.4, -0.2) is 38.7 Å². The van der Waals surface area contributed by atoms with Gasteiger partial charge in [-0.25, -0.2) is 9.59 Å². The van der Waals surface area contributed by atoms with Gasteiger partial charge in [0.15, 0.2) is 0 Å². The zero-order valence-electron chi connectivity index (χ0n) is 11.6. The minimum Gasteiger partial charge on any atom is -0.465 e. The van der Waals surface area contributed by atoms with Gasteiger partial charge < -0.3 is 20.1 Å². The van der Waals surface area contributed by atoms with Crippen LogP contribution in [0.1, 0.15) is 39.8 Å². The summed E-state index contributed by atoms with van der Waals surface area (Å²) in [5, 5.41) is 0.704. The first-order valence-electron chi connectivity index (χ1n) is 6.52. The van der Waals surface area contributed by atoms with Crippen LogP contribution in [-0.2, 0) is 9.47 Å². The number of carbonyl (C=O) groups excluding carboxylic acids is 2. The molecule has 0 atom stereocenters. The molecule has 1 saturated heterocycles. The Hall–Kier alpha value is -1.76. The van der Waals surface area contributed by atoms with Gasteiger partial charge in [-0.2, -0.15) is 0 Å². The first-order chi connectivity index (χ1) is 9.60. The summed E-state index contributed by atoms with van der Waals surface area (Å²) in [6.07, 6.45) is 2.13. The molecule has 1 aliphatic rings. The molecule has 2 rings (SSSR count). The summed E-state index contributed by atoms with van der Waals surface area (Å²) in [6, 6.07) is 0. The standard InChI is InChI=1S/C13H18N2O4S/c1-3-19-13(17)10-9(14)8(12(16)18-2)11(20-10)15-6-4-5-7-15/h3-7,14H2,1-2H3. The monoisotopic (exact) mass is 298 g/mol. The number of carbonyl (C=O) groups is 2. The number of methoxy groups -OCH3 is 1. The van der Waals surface area contributed by atoms with Gasteiger partial charge in [-0.15, -0.1) is 11.3 Å². The SMILES string of the molecule is CCOC(=O)c1sc(N2CCCC2)c(C(=O)OC)c1N. The predicted octanol–water partition coefficient (Wildman–Crippen LogP) is 1.89. The summed E-state index contributed by atoms with van der Waals surface area (Å²) in [5.41, 5.74) is 6.40. The van der Waals surface area contributed by atoms with Crippen molar-refractivity contribution >= 4 is 34.0 Å². The zero-order valence-corrected chi connectivity index (χ0v) is 12.4. The molecule has 0 saturated carbocycles. The highest BCUT2D eigenvalue weighted by Crippen LogP contribution is 2.40. The smallest absolute Gasteiger partial charge is 0.350 e. The number of ether oxygens (including phenoxy) is 2. The number of thiophene rings is 1. The zero-order chi connectivity index (χ0) is 14.7. The molecule has 0 aliphatic carbocycles. The lowest BCUT2D eigenvalue weighted by Gasteiger charge is -2.16. The van der Waals surface area contributed by atoms with Crippen LogP contribution in [0.3, 0.4) is 0 Å². The van der Waals surface area contributed by atoms with Crippen molar-refractivity contribution in [3.8, 4) is 0 Å². The third-order valence-corrected chi connectivity index (χ3v) is 4.42. The van der Waals surface area contributed by atoms with Crippen molar-refractivity contribution in [3.63, 3.8) is 0 Å². The summed E-state index contributed by atoms with van der Waals surface area (Å²) in [4.78, 5) is 26.2. The van der Waals surface area contributed by atoms with Crippen LogP contribution in [0.15, 0.2) is 0 Å². The summed E-state index contributed by atoms with van der Waals surface area (Å²) in [6.45, 7) is 3.70. The lowest BCUT2D eigenvalue weighted by molar-refractivity contribution is 0.0533. The van der Waals surface area contributed by atoms with Gasteiger partial charge in [0.1, 0.15) is 15.4 Å². The Labute approximate surface area is 121 Å². The van der Waals surface area contributed by atoms with Crippen molar-refractivity contribution in [3.05, 3.63) is 10.4 Å². The van der Waals surface area contributed by atoms with E-state index in [-0.39, 0.29) is 22.7 Å². The second kappa shape index (κ2) is 6.13. The van der Waals surface area contributed by atoms with Gasteiger partial charge in [0, 0.05) is 13.1 Å². The number of esters is 2. The van der Waals surface area contributed by atoms with Crippen molar-refractivity contribution in [2.24, 2.45) is 0 Å². The fraction of sp³-hybridized carbons (Fsp3) is 0.538. The predicted molar refractivity (Wildman–Crippen MR) is 77.5 cm³/mol. The van der Waals surface area contributed by atoms with Crippen LogP contribution in [0.25, 0.3) is 0 Å². The quantitative estimate of drug-likeness (QED) is 0.855. The van der Waals surface area contributed by atoms with Gasteiger partial charge in [-0.05, 0) is 19.8 Å². The molecule has 0 bridgehead atoms. The summed E-state index contributed by atoms with van der Waals surface area (Å²) < 4.78 is 9.75. The minimum atomic E-state index is -0.517. The van der Waals surface area contributed by atoms with Crippen molar-refractivity contribution in [2.75, 3.05) is 37.4 Å².